The van der Waals surface area contributed by atoms with E-state index < -0.39 is 26.2 Å². The third kappa shape index (κ3) is 2.97. The van der Waals surface area contributed by atoms with Crippen molar-refractivity contribution in [3.8, 4) is 0 Å². The Bertz CT molecular complexity index is 1070. The van der Waals surface area contributed by atoms with Crippen LogP contribution in [0.1, 0.15) is 11.5 Å². The first-order valence-corrected chi connectivity index (χ1v) is 11.1. The first-order valence-electron chi connectivity index (χ1n) is 9.64. The summed E-state index contributed by atoms with van der Waals surface area (Å²) in [6.07, 6.45) is 1.74. The van der Waals surface area contributed by atoms with E-state index in [0.29, 0.717) is 6.54 Å². The molecule has 30 heavy (non-hydrogen) atoms. The lowest BCUT2D eigenvalue weighted by molar-refractivity contribution is -0.387. The fourth-order valence-corrected chi connectivity index (χ4v) is 6.62. The Morgan fingerprint density at radius 3 is 2.40 bits per heavy atom. The lowest BCUT2D eigenvalue weighted by Crippen LogP contribution is -2.84. The zero-order valence-corrected chi connectivity index (χ0v) is 17.1. The van der Waals surface area contributed by atoms with E-state index in [1.54, 1.807) is 6.08 Å². The van der Waals surface area contributed by atoms with E-state index in [2.05, 4.69) is 11.5 Å². The molecule has 8 nitrogen and oxygen atoms in total. The fraction of sp³-hybridized carbons (Fsp3) is 0.333. The molecule has 2 heterocycles. The van der Waals surface area contributed by atoms with Crippen molar-refractivity contribution < 1.29 is 18.4 Å². The van der Waals surface area contributed by atoms with Gasteiger partial charge in [-0.1, -0.05) is 48.5 Å². The SMILES string of the molecule is C=CCN1[C@@H](CO)[C@@H](c2ccccc2)C12CN(S(=O)(=O)c1ccccc1[N+](=O)[O-])C2. The number of para-hydroxylation sites is 1. The van der Waals surface area contributed by atoms with Crippen LogP contribution in [0.25, 0.3) is 0 Å². The molecule has 1 spiro atoms. The van der Waals surface area contributed by atoms with Gasteiger partial charge < -0.3 is 5.11 Å². The summed E-state index contributed by atoms with van der Waals surface area (Å²) in [5, 5.41) is 21.3. The molecule has 0 unspecified atom stereocenters. The van der Waals surface area contributed by atoms with E-state index in [-0.39, 0.29) is 36.6 Å². The van der Waals surface area contributed by atoms with E-state index >= 15 is 0 Å². The molecule has 1 N–H and O–H groups in total. The number of likely N-dealkylation sites (tertiary alicyclic amines) is 1. The largest absolute Gasteiger partial charge is 0.395 e. The van der Waals surface area contributed by atoms with Gasteiger partial charge in [0.1, 0.15) is 0 Å². The van der Waals surface area contributed by atoms with Crippen molar-refractivity contribution in [3.05, 3.63) is 82.9 Å². The van der Waals surface area contributed by atoms with Crippen molar-refractivity contribution in [1.29, 1.82) is 0 Å². The molecule has 0 aliphatic carbocycles. The number of nitrogens with zero attached hydrogens (tertiary/aromatic N) is 3. The molecule has 158 valence electrons. The maximum absolute atomic E-state index is 13.2. The predicted octanol–water partition coefficient (Wildman–Crippen LogP) is 1.98. The molecule has 0 radical (unpaired) electrons. The minimum absolute atomic E-state index is 0.0409. The van der Waals surface area contributed by atoms with Gasteiger partial charge in [0, 0.05) is 37.7 Å². The summed E-state index contributed by atoms with van der Waals surface area (Å²) >= 11 is 0. The van der Waals surface area contributed by atoms with Crippen molar-refractivity contribution in [2.45, 2.75) is 22.4 Å². The van der Waals surface area contributed by atoms with Gasteiger partial charge in [-0.2, -0.15) is 4.31 Å². The third-order valence-corrected chi connectivity index (χ3v) is 8.03. The van der Waals surface area contributed by atoms with E-state index in [9.17, 15) is 23.6 Å². The minimum Gasteiger partial charge on any atom is -0.395 e. The molecule has 2 aromatic carbocycles. The maximum Gasteiger partial charge on any atom is 0.289 e. The molecule has 9 heteroatoms. The summed E-state index contributed by atoms with van der Waals surface area (Å²) < 4.78 is 27.6. The van der Waals surface area contributed by atoms with Crippen molar-refractivity contribution in [2.75, 3.05) is 26.2 Å². The molecule has 2 atom stereocenters. The number of benzene rings is 2. The second-order valence-electron chi connectivity index (χ2n) is 7.68. The molecule has 0 bridgehead atoms. The maximum atomic E-state index is 13.2. The quantitative estimate of drug-likeness (QED) is 0.410. The molecule has 0 saturated carbocycles. The lowest BCUT2D eigenvalue weighted by Gasteiger charge is -2.70. The summed E-state index contributed by atoms with van der Waals surface area (Å²) in [6, 6.07) is 15.0. The van der Waals surface area contributed by atoms with Crippen molar-refractivity contribution in [2.24, 2.45) is 0 Å². The van der Waals surface area contributed by atoms with Gasteiger partial charge in [0.15, 0.2) is 4.90 Å². The molecule has 2 saturated heterocycles. The van der Waals surface area contributed by atoms with Crippen LogP contribution >= 0.6 is 0 Å². The van der Waals surface area contributed by atoms with Crippen LogP contribution in [0.2, 0.25) is 0 Å². The van der Waals surface area contributed by atoms with Crippen LogP contribution in [0, 0.1) is 10.1 Å². The Hall–Kier alpha value is -2.59. The summed E-state index contributed by atoms with van der Waals surface area (Å²) in [6.45, 7) is 4.66. The van der Waals surface area contributed by atoms with Gasteiger partial charge >= 0.3 is 0 Å². The molecule has 2 fully saturated rings. The van der Waals surface area contributed by atoms with E-state index in [1.807, 2.05) is 30.3 Å². The molecular weight excluding hydrogens is 406 g/mol. The zero-order valence-electron chi connectivity index (χ0n) is 16.3. The summed E-state index contributed by atoms with van der Waals surface area (Å²) in [5.41, 5.74) is 0.141. The summed E-state index contributed by atoms with van der Waals surface area (Å²) in [5.74, 6) is -0.0409. The standard InChI is InChI=1S/C21H23N3O5S/c1-2-12-23-18(13-25)20(16-8-4-3-5-9-16)21(23)14-22(15-21)30(28,29)19-11-7-6-10-17(19)24(26)27/h2-11,18,20,25H,1,12-15H2/t18-,20+/m0/s1. The predicted molar refractivity (Wildman–Crippen MR) is 112 cm³/mol. The average molecular weight is 429 g/mol. The highest BCUT2D eigenvalue weighted by Gasteiger charge is 2.67. The first-order chi connectivity index (χ1) is 14.4. The highest BCUT2D eigenvalue weighted by molar-refractivity contribution is 7.89. The van der Waals surface area contributed by atoms with Gasteiger partial charge in [-0.25, -0.2) is 8.42 Å². The van der Waals surface area contributed by atoms with Crippen LogP contribution in [-0.4, -0.2) is 65.5 Å². The second-order valence-corrected chi connectivity index (χ2v) is 9.59. The van der Waals surface area contributed by atoms with Crippen LogP contribution < -0.4 is 0 Å². The Morgan fingerprint density at radius 1 is 1.17 bits per heavy atom. The Kier molecular flexibility index (Phi) is 5.23. The number of sulfonamides is 1. The van der Waals surface area contributed by atoms with Gasteiger partial charge in [-0.3, -0.25) is 15.0 Å². The molecule has 2 aliphatic rings. The number of rotatable bonds is 7. The molecule has 0 aromatic heterocycles. The van der Waals surface area contributed by atoms with Crippen LogP contribution in [-0.2, 0) is 10.0 Å². The van der Waals surface area contributed by atoms with Crippen LogP contribution in [0.5, 0.6) is 0 Å². The lowest BCUT2D eigenvalue weighted by atomic mass is 9.61. The number of aliphatic hydroxyl groups excluding tert-OH is 1. The molecule has 0 amide bonds. The number of nitro groups is 1. The minimum atomic E-state index is -4.02. The molecular formula is C21H23N3O5S. The summed E-state index contributed by atoms with van der Waals surface area (Å²) in [7, 11) is -4.02. The number of hydrogen-bond acceptors (Lipinski definition) is 6. The Morgan fingerprint density at radius 2 is 1.80 bits per heavy atom. The van der Waals surface area contributed by atoms with E-state index in [4.69, 9.17) is 0 Å². The van der Waals surface area contributed by atoms with Crippen LogP contribution in [0.15, 0.2) is 72.1 Å². The van der Waals surface area contributed by atoms with Gasteiger partial charge in [-0.15, -0.1) is 6.58 Å². The highest BCUT2D eigenvalue weighted by Crippen LogP contribution is 2.54. The van der Waals surface area contributed by atoms with Crippen molar-refractivity contribution in [1.82, 2.24) is 9.21 Å². The van der Waals surface area contributed by atoms with E-state index in [1.165, 1.54) is 28.6 Å². The van der Waals surface area contributed by atoms with Gasteiger partial charge in [-0.05, 0) is 11.6 Å². The number of nitro benzene ring substituents is 1. The number of hydrogen-bond donors (Lipinski definition) is 1. The molecule has 2 aromatic rings. The number of aliphatic hydroxyl groups is 1. The van der Waals surface area contributed by atoms with Gasteiger partial charge in [0.2, 0.25) is 10.0 Å². The topological polar surface area (TPSA) is 104 Å². The highest BCUT2D eigenvalue weighted by atomic mass is 32.2. The normalized spacial score (nSPS) is 23.5. The van der Waals surface area contributed by atoms with Gasteiger partial charge in [0.05, 0.1) is 17.1 Å². The van der Waals surface area contributed by atoms with E-state index in [0.717, 1.165) is 5.56 Å². The fourth-order valence-electron chi connectivity index (χ4n) is 4.90. The smallest absolute Gasteiger partial charge is 0.289 e. The Balaban J connectivity index is 1.67. The Labute approximate surface area is 175 Å². The van der Waals surface area contributed by atoms with Crippen molar-refractivity contribution in [3.63, 3.8) is 0 Å². The van der Waals surface area contributed by atoms with Crippen LogP contribution in [0.3, 0.4) is 0 Å². The average Bonchev–Trinajstić information content (AvgIpc) is 2.70. The third-order valence-electron chi connectivity index (χ3n) is 6.19. The summed E-state index contributed by atoms with van der Waals surface area (Å²) in [4.78, 5) is 12.4. The first kappa shape index (κ1) is 20.7. The molecule has 4 rings (SSSR count). The monoisotopic (exact) mass is 429 g/mol. The molecule has 2 aliphatic heterocycles. The van der Waals surface area contributed by atoms with Crippen LogP contribution in [0.4, 0.5) is 5.69 Å². The van der Waals surface area contributed by atoms with Gasteiger partial charge in [0.25, 0.3) is 5.69 Å². The zero-order chi connectivity index (χ0) is 21.5. The van der Waals surface area contributed by atoms with Crippen molar-refractivity contribution >= 4 is 15.7 Å². The second kappa shape index (κ2) is 7.59.